The number of carbonyl (C=O) groups is 4. The average Bonchev–Trinajstić information content (AvgIpc) is 3.02. The molecule has 31 heavy (non-hydrogen) atoms. The predicted octanol–water partition coefficient (Wildman–Crippen LogP) is 1.91. The lowest BCUT2D eigenvalue weighted by Gasteiger charge is -2.27. The van der Waals surface area contributed by atoms with Crippen molar-refractivity contribution in [3.8, 4) is 11.5 Å². The van der Waals surface area contributed by atoms with Gasteiger partial charge in [-0.2, -0.15) is 0 Å². The Balaban J connectivity index is 2.06. The monoisotopic (exact) mass is 425 g/mol. The number of rotatable bonds is 9. The molecule has 3 rings (SSSR count). The first-order chi connectivity index (χ1) is 14.9. The van der Waals surface area contributed by atoms with E-state index in [9.17, 15) is 19.2 Å². The molecule has 0 saturated carbocycles. The summed E-state index contributed by atoms with van der Waals surface area (Å²) in [6, 6.07) is 9.09. The Kier molecular flexibility index (Phi) is 6.54. The molecule has 1 unspecified atom stereocenters. The van der Waals surface area contributed by atoms with Crippen molar-refractivity contribution in [1.29, 1.82) is 0 Å². The molecule has 0 aliphatic carbocycles. The fraction of sp³-hybridized carbons (Fsp3) is 0.273. The number of hydrogen-bond acceptors (Lipinski definition) is 6. The highest BCUT2D eigenvalue weighted by molar-refractivity contribution is 6.22. The zero-order chi connectivity index (χ0) is 22.5. The fourth-order valence-corrected chi connectivity index (χ4v) is 3.62. The van der Waals surface area contributed by atoms with Crippen LogP contribution < -0.4 is 20.3 Å². The number of methoxy groups -OCH3 is 1. The first-order valence-corrected chi connectivity index (χ1v) is 9.69. The van der Waals surface area contributed by atoms with Crippen LogP contribution in [0.25, 0.3) is 0 Å². The van der Waals surface area contributed by atoms with Gasteiger partial charge < -0.3 is 9.47 Å². The Morgan fingerprint density at radius 1 is 1.16 bits per heavy atom. The second-order valence-electron chi connectivity index (χ2n) is 6.85. The van der Waals surface area contributed by atoms with E-state index in [2.05, 4.69) is 10.9 Å². The van der Waals surface area contributed by atoms with Crippen LogP contribution in [-0.2, 0) is 9.59 Å². The number of fused-ring (bicyclic) bond motifs is 1. The molecule has 2 aromatic carbocycles. The van der Waals surface area contributed by atoms with Gasteiger partial charge in [0.1, 0.15) is 0 Å². The van der Waals surface area contributed by atoms with Crippen molar-refractivity contribution < 1.29 is 28.7 Å². The smallest absolute Gasteiger partial charge is 0.262 e. The molecule has 1 aliphatic rings. The molecular formula is C22H23N3O6. The third kappa shape index (κ3) is 4.20. The van der Waals surface area contributed by atoms with Crippen LogP contribution in [0.1, 0.15) is 51.2 Å². The van der Waals surface area contributed by atoms with E-state index in [1.807, 2.05) is 6.92 Å². The number of nitrogens with zero attached hydrogens (tertiary/aromatic N) is 1. The maximum absolute atomic E-state index is 13.2. The average molecular weight is 425 g/mol. The Labute approximate surface area is 179 Å². The second kappa shape index (κ2) is 9.29. The van der Waals surface area contributed by atoms with Crippen LogP contribution in [0, 0.1) is 6.92 Å². The van der Waals surface area contributed by atoms with E-state index in [1.165, 1.54) is 7.11 Å². The number of benzene rings is 2. The summed E-state index contributed by atoms with van der Waals surface area (Å²) < 4.78 is 10.9. The zero-order valence-electron chi connectivity index (χ0n) is 17.4. The van der Waals surface area contributed by atoms with Crippen molar-refractivity contribution in [3.63, 3.8) is 0 Å². The van der Waals surface area contributed by atoms with Crippen molar-refractivity contribution in [2.75, 3.05) is 13.7 Å². The van der Waals surface area contributed by atoms with Gasteiger partial charge >= 0.3 is 0 Å². The molecular weight excluding hydrogens is 402 g/mol. The van der Waals surface area contributed by atoms with Crippen LogP contribution in [0.2, 0.25) is 0 Å². The lowest BCUT2D eigenvalue weighted by molar-refractivity contribution is -0.125. The standard InChI is InChI=1S/C22H23N3O6/c1-4-31-18-10-14(8-9-17(18)30-3)16(11-19(27)24-23-12-26)25-21(28)15-7-5-6-13(2)20(15)22(25)29/h5-10,12,16H,4,11H2,1-3H3,(H,23,26)(H,24,27). The summed E-state index contributed by atoms with van der Waals surface area (Å²) in [5.74, 6) is -0.632. The molecule has 1 heterocycles. The molecule has 1 atom stereocenters. The minimum absolute atomic E-state index is 0.261. The number of carbonyl (C=O) groups excluding carboxylic acids is 4. The van der Waals surface area contributed by atoms with E-state index in [0.29, 0.717) is 46.8 Å². The molecule has 9 nitrogen and oxygen atoms in total. The van der Waals surface area contributed by atoms with E-state index in [0.717, 1.165) is 4.90 Å². The summed E-state index contributed by atoms with van der Waals surface area (Å²) in [6.07, 6.45) is 0.0576. The first-order valence-electron chi connectivity index (χ1n) is 9.69. The van der Waals surface area contributed by atoms with Gasteiger partial charge in [-0.25, -0.2) is 0 Å². The molecule has 162 valence electrons. The topological polar surface area (TPSA) is 114 Å². The van der Waals surface area contributed by atoms with E-state index < -0.39 is 23.8 Å². The second-order valence-corrected chi connectivity index (χ2v) is 6.85. The minimum atomic E-state index is -0.926. The summed E-state index contributed by atoms with van der Waals surface area (Å²) >= 11 is 0. The van der Waals surface area contributed by atoms with Crippen molar-refractivity contribution in [3.05, 3.63) is 58.7 Å². The Morgan fingerprint density at radius 2 is 1.94 bits per heavy atom. The summed E-state index contributed by atoms with van der Waals surface area (Å²) in [4.78, 5) is 50.4. The molecule has 9 heteroatoms. The third-order valence-corrected chi connectivity index (χ3v) is 4.99. The van der Waals surface area contributed by atoms with Crippen molar-refractivity contribution >= 4 is 24.1 Å². The summed E-state index contributed by atoms with van der Waals surface area (Å²) in [6.45, 7) is 3.94. The fourth-order valence-electron chi connectivity index (χ4n) is 3.62. The third-order valence-electron chi connectivity index (χ3n) is 4.99. The lowest BCUT2D eigenvalue weighted by atomic mass is 10.0. The van der Waals surface area contributed by atoms with E-state index in [-0.39, 0.29) is 6.42 Å². The normalized spacial score (nSPS) is 13.5. The number of nitrogens with one attached hydrogen (secondary N) is 2. The van der Waals surface area contributed by atoms with Crippen LogP contribution in [0.15, 0.2) is 36.4 Å². The molecule has 0 fully saturated rings. The Bertz CT molecular complexity index is 1040. The zero-order valence-corrected chi connectivity index (χ0v) is 17.4. The maximum atomic E-state index is 13.2. The van der Waals surface area contributed by atoms with Gasteiger partial charge in [0.2, 0.25) is 12.3 Å². The van der Waals surface area contributed by atoms with Crippen LogP contribution in [-0.4, -0.2) is 42.7 Å². The highest BCUT2D eigenvalue weighted by Gasteiger charge is 2.42. The number of aryl methyl sites for hydroxylation is 1. The lowest BCUT2D eigenvalue weighted by Crippen LogP contribution is -2.41. The van der Waals surface area contributed by atoms with Gasteiger partial charge in [0.05, 0.1) is 37.3 Å². The van der Waals surface area contributed by atoms with Crippen molar-refractivity contribution in [2.45, 2.75) is 26.3 Å². The number of hydrazine groups is 1. The number of hydrogen-bond donors (Lipinski definition) is 2. The van der Waals surface area contributed by atoms with Crippen LogP contribution >= 0.6 is 0 Å². The minimum Gasteiger partial charge on any atom is -0.493 e. The van der Waals surface area contributed by atoms with Gasteiger partial charge in [-0.1, -0.05) is 18.2 Å². The molecule has 0 saturated heterocycles. The quantitative estimate of drug-likeness (QED) is 0.360. The van der Waals surface area contributed by atoms with E-state index in [4.69, 9.17) is 9.47 Å². The number of imide groups is 1. The summed E-state index contributed by atoms with van der Waals surface area (Å²) in [5, 5.41) is 0. The molecule has 2 N–H and O–H groups in total. The number of ether oxygens (including phenoxy) is 2. The SMILES string of the molecule is CCOc1cc(C(CC(=O)NNC=O)N2C(=O)c3cccc(C)c3C2=O)ccc1OC. The molecule has 1 aliphatic heterocycles. The Morgan fingerprint density at radius 3 is 2.58 bits per heavy atom. The Hall–Kier alpha value is -3.88. The summed E-state index contributed by atoms with van der Waals surface area (Å²) in [7, 11) is 1.50. The van der Waals surface area contributed by atoms with Crippen molar-refractivity contribution in [2.24, 2.45) is 0 Å². The number of amides is 4. The van der Waals surface area contributed by atoms with Gasteiger partial charge in [-0.05, 0) is 43.2 Å². The van der Waals surface area contributed by atoms with E-state index in [1.54, 1.807) is 43.3 Å². The molecule has 4 amide bonds. The van der Waals surface area contributed by atoms with Crippen LogP contribution in [0.5, 0.6) is 11.5 Å². The molecule has 0 radical (unpaired) electrons. The molecule has 2 aromatic rings. The van der Waals surface area contributed by atoms with Gasteiger partial charge in [0.25, 0.3) is 11.8 Å². The van der Waals surface area contributed by atoms with Crippen LogP contribution in [0.4, 0.5) is 0 Å². The molecule has 0 bridgehead atoms. The van der Waals surface area contributed by atoms with Gasteiger partial charge in [0, 0.05) is 0 Å². The van der Waals surface area contributed by atoms with E-state index >= 15 is 0 Å². The largest absolute Gasteiger partial charge is 0.493 e. The highest BCUT2D eigenvalue weighted by atomic mass is 16.5. The van der Waals surface area contributed by atoms with Crippen LogP contribution in [0.3, 0.4) is 0 Å². The molecule has 0 aromatic heterocycles. The van der Waals surface area contributed by atoms with Crippen molar-refractivity contribution in [1.82, 2.24) is 15.8 Å². The van der Waals surface area contributed by atoms with Gasteiger partial charge in [-0.15, -0.1) is 0 Å². The first kappa shape index (κ1) is 21.8. The summed E-state index contributed by atoms with van der Waals surface area (Å²) in [5.41, 5.74) is 6.10. The van der Waals surface area contributed by atoms with Gasteiger partial charge in [0.15, 0.2) is 11.5 Å². The maximum Gasteiger partial charge on any atom is 0.262 e. The predicted molar refractivity (Wildman–Crippen MR) is 111 cm³/mol. The molecule has 0 spiro atoms. The highest BCUT2D eigenvalue weighted by Crippen LogP contribution is 2.38. The van der Waals surface area contributed by atoms with Gasteiger partial charge in [-0.3, -0.25) is 34.9 Å².